The van der Waals surface area contributed by atoms with Crippen LogP contribution in [0.15, 0.2) is 48.5 Å². The number of esters is 1. The van der Waals surface area contributed by atoms with E-state index < -0.39 is 24.8 Å². The van der Waals surface area contributed by atoms with Crippen molar-refractivity contribution in [3.63, 3.8) is 0 Å². The summed E-state index contributed by atoms with van der Waals surface area (Å²) in [5.41, 5.74) is 3.05. The van der Waals surface area contributed by atoms with Gasteiger partial charge in [-0.2, -0.15) is 0 Å². The number of hydrogen-bond acceptors (Lipinski definition) is 4. The Labute approximate surface area is 172 Å². The largest absolute Gasteiger partial charge is 0.573 e. The number of halogens is 3. The summed E-state index contributed by atoms with van der Waals surface area (Å²) in [6.07, 6.45) is -2.33. The van der Waals surface area contributed by atoms with Crippen LogP contribution >= 0.6 is 0 Å². The summed E-state index contributed by atoms with van der Waals surface area (Å²) < 4.78 is 45.1. The summed E-state index contributed by atoms with van der Waals surface area (Å²) >= 11 is 0. The van der Waals surface area contributed by atoms with Gasteiger partial charge in [-0.25, -0.2) is 4.79 Å². The molecule has 0 spiro atoms. The molecule has 2 aromatic rings. The van der Waals surface area contributed by atoms with Gasteiger partial charge in [-0.15, -0.1) is 13.2 Å². The van der Waals surface area contributed by atoms with Gasteiger partial charge >= 0.3 is 12.3 Å². The van der Waals surface area contributed by atoms with Crippen LogP contribution in [0.2, 0.25) is 0 Å². The van der Waals surface area contributed by atoms with E-state index in [1.165, 1.54) is 18.2 Å². The second kappa shape index (κ2) is 9.96. The van der Waals surface area contributed by atoms with Crippen molar-refractivity contribution in [2.45, 2.75) is 33.1 Å². The molecule has 0 heterocycles. The standard InChI is InChI=1S/C22H22F3NO4/c1-14(2)18-6-4-5-15(3)21(18)26-19(27)13-29-20(28)12-9-16-7-10-17(11-8-16)30-22(23,24)25/h4-12,14H,13H2,1-3H3,(H,26,27)/b12-9+. The van der Waals surface area contributed by atoms with E-state index in [-0.39, 0.29) is 11.7 Å². The van der Waals surface area contributed by atoms with Crippen molar-refractivity contribution in [2.75, 3.05) is 11.9 Å². The van der Waals surface area contributed by atoms with Gasteiger partial charge in [0.15, 0.2) is 6.61 Å². The van der Waals surface area contributed by atoms with Crippen LogP contribution in [-0.4, -0.2) is 24.8 Å². The monoisotopic (exact) mass is 421 g/mol. The number of aryl methyl sites for hydroxylation is 1. The number of benzene rings is 2. The molecule has 0 atom stereocenters. The first-order valence-corrected chi connectivity index (χ1v) is 9.15. The molecule has 2 aromatic carbocycles. The highest BCUT2D eigenvalue weighted by Crippen LogP contribution is 2.27. The zero-order valence-corrected chi connectivity index (χ0v) is 16.7. The van der Waals surface area contributed by atoms with Crippen LogP contribution in [0, 0.1) is 6.92 Å². The molecule has 0 aliphatic heterocycles. The van der Waals surface area contributed by atoms with Gasteiger partial charge in [-0.3, -0.25) is 4.79 Å². The number of nitrogens with one attached hydrogen (secondary N) is 1. The van der Waals surface area contributed by atoms with Gasteiger partial charge in [0, 0.05) is 11.8 Å². The highest BCUT2D eigenvalue weighted by molar-refractivity contribution is 5.95. The maximum atomic E-state index is 12.2. The normalized spacial score (nSPS) is 11.6. The molecule has 0 unspecified atom stereocenters. The Balaban J connectivity index is 1.88. The summed E-state index contributed by atoms with van der Waals surface area (Å²) in [4.78, 5) is 24.0. The molecule has 5 nitrogen and oxygen atoms in total. The molecule has 0 aliphatic rings. The van der Waals surface area contributed by atoms with Crippen molar-refractivity contribution in [2.24, 2.45) is 0 Å². The van der Waals surface area contributed by atoms with E-state index in [1.54, 1.807) is 0 Å². The maximum absolute atomic E-state index is 12.2. The lowest BCUT2D eigenvalue weighted by molar-refractivity contribution is -0.274. The highest BCUT2D eigenvalue weighted by atomic mass is 19.4. The molecule has 30 heavy (non-hydrogen) atoms. The molecule has 2 rings (SSSR count). The van der Waals surface area contributed by atoms with Crippen LogP contribution in [0.3, 0.4) is 0 Å². The third-order valence-electron chi connectivity index (χ3n) is 4.06. The van der Waals surface area contributed by atoms with E-state index in [9.17, 15) is 22.8 Å². The zero-order chi connectivity index (χ0) is 22.3. The lowest BCUT2D eigenvalue weighted by atomic mass is 9.98. The van der Waals surface area contributed by atoms with Crippen LogP contribution in [0.1, 0.15) is 36.5 Å². The summed E-state index contributed by atoms with van der Waals surface area (Å²) in [5.74, 6) is -1.38. The number of hydrogen-bond donors (Lipinski definition) is 1. The third-order valence-corrected chi connectivity index (χ3v) is 4.06. The van der Waals surface area contributed by atoms with Crippen LogP contribution in [0.25, 0.3) is 6.08 Å². The molecule has 0 saturated heterocycles. The summed E-state index contributed by atoms with van der Waals surface area (Å²) in [7, 11) is 0. The number of amides is 1. The lowest BCUT2D eigenvalue weighted by Crippen LogP contribution is -2.21. The number of rotatable bonds is 7. The number of para-hydroxylation sites is 1. The Hall–Kier alpha value is -3.29. The fourth-order valence-corrected chi connectivity index (χ4v) is 2.65. The minimum Gasteiger partial charge on any atom is -0.452 e. The summed E-state index contributed by atoms with van der Waals surface area (Å²) in [5, 5.41) is 2.77. The minimum atomic E-state index is -4.77. The smallest absolute Gasteiger partial charge is 0.452 e. The Morgan fingerprint density at radius 3 is 2.37 bits per heavy atom. The minimum absolute atomic E-state index is 0.207. The first-order valence-electron chi connectivity index (χ1n) is 9.15. The SMILES string of the molecule is Cc1cccc(C(C)C)c1NC(=O)COC(=O)/C=C/c1ccc(OC(F)(F)F)cc1. The van der Waals surface area contributed by atoms with Gasteiger partial charge in [-0.1, -0.05) is 44.2 Å². The first-order chi connectivity index (χ1) is 14.0. The van der Waals surface area contributed by atoms with E-state index in [2.05, 4.69) is 10.1 Å². The maximum Gasteiger partial charge on any atom is 0.573 e. The van der Waals surface area contributed by atoms with Crippen molar-refractivity contribution in [3.8, 4) is 5.75 Å². The molecule has 1 N–H and O–H groups in total. The molecule has 0 bridgehead atoms. The number of carbonyl (C=O) groups is 2. The van der Waals surface area contributed by atoms with Gasteiger partial charge in [0.25, 0.3) is 5.91 Å². The Bertz CT molecular complexity index is 919. The predicted octanol–water partition coefficient (Wildman–Crippen LogP) is 5.21. The van der Waals surface area contributed by atoms with Crippen LogP contribution < -0.4 is 10.1 Å². The molecule has 160 valence electrons. The van der Waals surface area contributed by atoms with Crippen molar-refractivity contribution in [3.05, 3.63) is 65.2 Å². The van der Waals surface area contributed by atoms with Crippen molar-refractivity contribution in [1.29, 1.82) is 0 Å². The van der Waals surface area contributed by atoms with E-state index in [0.717, 1.165) is 29.3 Å². The highest BCUT2D eigenvalue weighted by Gasteiger charge is 2.30. The predicted molar refractivity (Wildman–Crippen MR) is 107 cm³/mol. The van der Waals surface area contributed by atoms with E-state index in [4.69, 9.17) is 4.74 Å². The summed E-state index contributed by atoms with van der Waals surface area (Å²) in [6, 6.07) is 10.7. The Kier molecular flexibility index (Phi) is 7.63. The number of alkyl halides is 3. The molecule has 0 aliphatic carbocycles. The molecule has 0 saturated carbocycles. The molecule has 8 heteroatoms. The van der Waals surface area contributed by atoms with Crippen LogP contribution in [0.4, 0.5) is 18.9 Å². The molecular weight excluding hydrogens is 399 g/mol. The van der Waals surface area contributed by atoms with Gasteiger partial charge in [0.1, 0.15) is 5.75 Å². The topological polar surface area (TPSA) is 64.6 Å². The van der Waals surface area contributed by atoms with E-state index in [1.807, 2.05) is 39.0 Å². The number of anilines is 1. The van der Waals surface area contributed by atoms with Crippen molar-refractivity contribution < 1.29 is 32.2 Å². The van der Waals surface area contributed by atoms with E-state index >= 15 is 0 Å². The molecule has 0 radical (unpaired) electrons. The molecular formula is C22H22F3NO4. The quantitative estimate of drug-likeness (QED) is 0.492. The molecule has 0 fully saturated rings. The fraction of sp³-hybridized carbons (Fsp3) is 0.273. The van der Waals surface area contributed by atoms with Gasteiger partial charge in [0.05, 0.1) is 0 Å². The van der Waals surface area contributed by atoms with Gasteiger partial charge in [-0.05, 0) is 47.7 Å². The summed E-state index contributed by atoms with van der Waals surface area (Å²) in [6.45, 7) is 5.43. The Morgan fingerprint density at radius 2 is 1.77 bits per heavy atom. The zero-order valence-electron chi connectivity index (χ0n) is 16.7. The average molecular weight is 421 g/mol. The fourth-order valence-electron chi connectivity index (χ4n) is 2.65. The van der Waals surface area contributed by atoms with E-state index in [0.29, 0.717) is 11.3 Å². The Morgan fingerprint density at radius 1 is 1.10 bits per heavy atom. The third kappa shape index (κ3) is 7.27. The molecule has 0 aromatic heterocycles. The van der Waals surface area contributed by atoms with Gasteiger partial charge < -0.3 is 14.8 Å². The van der Waals surface area contributed by atoms with Crippen LogP contribution in [-0.2, 0) is 14.3 Å². The second-order valence-electron chi connectivity index (χ2n) is 6.80. The molecule has 1 amide bonds. The number of carbonyl (C=O) groups excluding carboxylic acids is 2. The van der Waals surface area contributed by atoms with Crippen molar-refractivity contribution >= 4 is 23.6 Å². The van der Waals surface area contributed by atoms with Gasteiger partial charge in [0.2, 0.25) is 0 Å². The van der Waals surface area contributed by atoms with Crippen molar-refractivity contribution in [1.82, 2.24) is 0 Å². The average Bonchev–Trinajstić information content (AvgIpc) is 2.66. The number of ether oxygens (including phenoxy) is 2. The second-order valence-corrected chi connectivity index (χ2v) is 6.80. The lowest BCUT2D eigenvalue weighted by Gasteiger charge is -2.16. The first kappa shape index (κ1) is 23.0. The van der Waals surface area contributed by atoms with Crippen LogP contribution in [0.5, 0.6) is 5.75 Å².